The minimum atomic E-state index is -0.410. The molecule has 0 spiro atoms. The maximum Gasteiger partial charge on any atom is 0.353 e. The number of benzene rings is 1. The number of fused-ring (bicyclic) bond motifs is 3. The van der Waals surface area contributed by atoms with Crippen molar-refractivity contribution in [2.75, 3.05) is 0 Å². The van der Waals surface area contributed by atoms with E-state index in [1.165, 1.54) is 8.97 Å². The van der Waals surface area contributed by atoms with E-state index in [1.807, 2.05) is 13.0 Å². The lowest BCUT2D eigenvalue weighted by Crippen LogP contribution is -2.26. The first-order valence-electron chi connectivity index (χ1n) is 6.67. The van der Waals surface area contributed by atoms with Crippen LogP contribution in [0.3, 0.4) is 0 Å². The molecule has 0 saturated carbocycles. The molecule has 2 aromatic heterocycles. The summed E-state index contributed by atoms with van der Waals surface area (Å²) >= 11 is 0. The molecular weight excluding hydrogens is 270 g/mol. The average Bonchev–Trinajstić information content (AvgIpc) is 2.81. The van der Waals surface area contributed by atoms with E-state index in [4.69, 9.17) is 5.26 Å². The summed E-state index contributed by atoms with van der Waals surface area (Å²) in [6, 6.07) is 8.82. The topological polar surface area (TPSA) is 85.1 Å². The van der Waals surface area contributed by atoms with Crippen molar-refractivity contribution in [1.29, 1.82) is 5.26 Å². The van der Waals surface area contributed by atoms with Gasteiger partial charge in [0.25, 0.3) is 5.56 Å². The number of hydrogen-bond donors (Lipinski definition) is 0. The van der Waals surface area contributed by atoms with Gasteiger partial charge >= 0.3 is 5.69 Å². The Morgan fingerprint density at radius 1 is 1.29 bits per heavy atom. The lowest BCUT2D eigenvalue weighted by Gasteiger charge is -2.07. The zero-order valence-electron chi connectivity index (χ0n) is 11.5. The summed E-state index contributed by atoms with van der Waals surface area (Å²) < 4.78 is 3.95. The zero-order chi connectivity index (χ0) is 15.0. The fourth-order valence-corrected chi connectivity index (χ4v) is 2.46. The van der Waals surface area contributed by atoms with Crippen molar-refractivity contribution in [3.05, 3.63) is 45.1 Å². The predicted octanol–water partition coefficient (Wildman–Crippen LogP) is 0.744. The Balaban J connectivity index is 2.57. The van der Waals surface area contributed by atoms with Crippen LogP contribution in [0.1, 0.15) is 13.3 Å². The molecule has 0 bridgehead atoms. The van der Waals surface area contributed by atoms with E-state index in [9.17, 15) is 9.59 Å². The highest BCUT2D eigenvalue weighted by Gasteiger charge is 2.16. The number of rotatable bonds is 3. The molecule has 2 heterocycles. The number of nitriles is 1. The minimum Gasteiger partial charge on any atom is -0.276 e. The molecular formula is C14H13N5O2. The molecule has 0 aliphatic carbocycles. The van der Waals surface area contributed by atoms with Crippen LogP contribution in [0.2, 0.25) is 0 Å². The van der Waals surface area contributed by atoms with Crippen molar-refractivity contribution >= 4 is 16.7 Å². The lowest BCUT2D eigenvalue weighted by atomic mass is 10.2. The van der Waals surface area contributed by atoms with E-state index >= 15 is 0 Å². The Hall–Kier alpha value is -2.88. The molecule has 0 unspecified atom stereocenters. The summed E-state index contributed by atoms with van der Waals surface area (Å²) in [5.74, 6) is 0.279. The van der Waals surface area contributed by atoms with E-state index in [0.717, 1.165) is 11.1 Å². The van der Waals surface area contributed by atoms with Crippen molar-refractivity contribution < 1.29 is 0 Å². The van der Waals surface area contributed by atoms with Crippen LogP contribution < -0.4 is 11.2 Å². The van der Waals surface area contributed by atoms with Gasteiger partial charge in [-0.3, -0.25) is 9.36 Å². The van der Waals surface area contributed by atoms with Crippen LogP contribution in [-0.2, 0) is 13.1 Å². The molecule has 0 aliphatic rings. The van der Waals surface area contributed by atoms with Gasteiger partial charge in [0.1, 0.15) is 6.54 Å². The summed E-state index contributed by atoms with van der Waals surface area (Å²) in [5, 5.41) is 13.4. The van der Waals surface area contributed by atoms with Crippen molar-refractivity contribution in [3.8, 4) is 6.07 Å². The standard InChI is InChI=1S/C14H13N5O2/c1-2-8-17-12(20)10-5-3-4-6-11(10)19-13(17)16-18(9-7-15)14(19)21/h3-6H,2,8-9H2,1H3. The van der Waals surface area contributed by atoms with E-state index < -0.39 is 5.69 Å². The third-order valence-corrected chi connectivity index (χ3v) is 3.35. The fraction of sp³-hybridized carbons (Fsp3) is 0.286. The zero-order valence-corrected chi connectivity index (χ0v) is 11.5. The van der Waals surface area contributed by atoms with E-state index in [2.05, 4.69) is 5.10 Å². The molecule has 7 nitrogen and oxygen atoms in total. The lowest BCUT2D eigenvalue weighted by molar-refractivity contribution is 0.648. The monoisotopic (exact) mass is 283 g/mol. The second-order valence-electron chi connectivity index (χ2n) is 4.71. The van der Waals surface area contributed by atoms with Crippen LogP contribution in [0, 0.1) is 11.3 Å². The highest BCUT2D eigenvalue weighted by atomic mass is 16.2. The molecule has 0 radical (unpaired) electrons. The van der Waals surface area contributed by atoms with E-state index in [1.54, 1.807) is 24.3 Å². The Morgan fingerprint density at radius 3 is 2.76 bits per heavy atom. The Bertz CT molecular complexity index is 987. The highest BCUT2D eigenvalue weighted by molar-refractivity contribution is 5.79. The SMILES string of the molecule is CCCn1c(=O)c2ccccc2n2c(=O)n(CC#N)nc12. The third kappa shape index (κ3) is 1.84. The van der Waals surface area contributed by atoms with E-state index in [-0.39, 0.29) is 17.9 Å². The van der Waals surface area contributed by atoms with Crippen LogP contribution >= 0.6 is 0 Å². The van der Waals surface area contributed by atoms with Gasteiger partial charge in [-0.1, -0.05) is 19.1 Å². The molecule has 0 N–H and O–H groups in total. The second-order valence-corrected chi connectivity index (χ2v) is 4.71. The molecule has 7 heteroatoms. The van der Waals surface area contributed by atoms with E-state index in [0.29, 0.717) is 17.4 Å². The Kier molecular flexibility index (Phi) is 3.06. The van der Waals surface area contributed by atoms with Crippen molar-refractivity contribution in [2.45, 2.75) is 26.4 Å². The average molecular weight is 283 g/mol. The van der Waals surface area contributed by atoms with Gasteiger partial charge in [-0.25, -0.2) is 9.20 Å². The normalized spacial score (nSPS) is 11.0. The summed E-state index contributed by atoms with van der Waals surface area (Å²) in [5.41, 5.74) is -0.0688. The smallest absolute Gasteiger partial charge is 0.276 e. The van der Waals surface area contributed by atoms with Gasteiger partial charge < -0.3 is 0 Å². The predicted molar refractivity (Wildman–Crippen MR) is 77.1 cm³/mol. The molecule has 21 heavy (non-hydrogen) atoms. The van der Waals surface area contributed by atoms with Crippen molar-refractivity contribution in [3.63, 3.8) is 0 Å². The van der Waals surface area contributed by atoms with Gasteiger partial charge in [-0.2, -0.15) is 9.94 Å². The molecule has 3 aromatic rings. The molecule has 0 saturated heterocycles. The molecule has 1 aromatic carbocycles. The first-order chi connectivity index (χ1) is 10.2. The number of aromatic nitrogens is 4. The summed E-state index contributed by atoms with van der Waals surface area (Å²) in [6.45, 7) is 2.27. The van der Waals surface area contributed by atoms with Gasteiger partial charge in [0.05, 0.1) is 17.0 Å². The largest absolute Gasteiger partial charge is 0.353 e. The molecule has 0 atom stereocenters. The van der Waals surface area contributed by atoms with Crippen LogP contribution in [-0.4, -0.2) is 18.7 Å². The summed E-state index contributed by atoms with van der Waals surface area (Å²) in [4.78, 5) is 24.9. The maximum absolute atomic E-state index is 12.5. The van der Waals surface area contributed by atoms with Gasteiger partial charge in [-0.15, -0.1) is 5.10 Å². The summed E-state index contributed by atoms with van der Waals surface area (Å²) in [6.07, 6.45) is 0.743. The number of hydrogen-bond acceptors (Lipinski definition) is 4. The van der Waals surface area contributed by atoms with Crippen LogP contribution in [0.15, 0.2) is 33.9 Å². The van der Waals surface area contributed by atoms with Crippen molar-refractivity contribution in [1.82, 2.24) is 18.7 Å². The van der Waals surface area contributed by atoms with Gasteiger partial charge in [0.15, 0.2) is 0 Å². The van der Waals surface area contributed by atoms with Crippen molar-refractivity contribution in [2.24, 2.45) is 0 Å². The van der Waals surface area contributed by atoms with Gasteiger partial charge in [-0.05, 0) is 18.6 Å². The molecule has 0 amide bonds. The quantitative estimate of drug-likeness (QED) is 0.709. The number of aryl methyl sites for hydroxylation is 1. The van der Waals surface area contributed by atoms with Crippen LogP contribution in [0.4, 0.5) is 0 Å². The molecule has 0 aliphatic heterocycles. The first kappa shape index (κ1) is 13.1. The number of para-hydroxylation sites is 1. The number of nitrogens with zero attached hydrogens (tertiary/aromatic N) is 5. The fourth-order valence-electron chi connectivity index (χ4n) is 2.46. The molecule has 3 rings (SSSR count). The Labute approximate surface area is 119 Å². The van der Waals surface area contributed by atoms with Gasteiger partial charge in [0.2, 0.25) is 5.78 Å². The second kappa shape index (κ2) is 4.90. The van der Waals surface area contributed by atoms with Crippen LogP contribution in [0.25, 0.3) is 16.7 Å². The minimum absolute atomic E-state index is 0.144. The molecule has 0 fully saturated rings. The maximum atomic E-state index is 12.5. The molecule has 106 valence electrons. The first-order valence-corrected chi connectivity index (χ1v) is 6.67. The summed E-state index contributed by atoms with van der Waals surface area (Å²) in [7, 11) is 0. The van der Waals surface area contributed by atoms with Gasteiger partial charge in [0, 0.05) is 6.54 Å². The Morgan fingerprint density at radius 2 is 2.05 bits per heavy atom. The van der Waals surface area contributed by atoms with Crippen LogP contribution in [0.5, 0.6) is 0 Å². The third-order valence-electron chi connectivity index (χ3n) is 3.35. The highest BCUT2D eigenvalue weighted by Crippen LogP contribution is 2.10.